The van der Waals surface area contributed by atoms with Gasteiger partial charge in [-0.1, -0.05) is 0 Å². The maximum absolute atomic E-state index is 10.9. The van der Waals surface area contributed by atoms with Crippen molar-refractivity contribution in [2.24, 2.45) is 0 Å². The number of methoxy groups -OCH3 is 1. The summed E-state index contributed by atoms with van der Waals surface area (Å²) in [6, 6.07) is 4.38. The molecule has 1 aromatic carbocycles. The van der Waals surface area contributed by atoms with E-state index in [4.69, 9.17) is 4.74 Å². The van der Waals surface area contributed by atoms with E-state index in [1.165, 1.54) is 6.07 Å². The molecule has 0 saturated heterocycles. The van der Waals surface area contributed by atoms with Gasteiger partial charge in [0.05, 0.1) is 4.92 Å². The molecular formula is C12H16N2O4. The molecule has 6 nitrogen and oxygen atoms in total. The van der Waals surface area contributed by atoms with Crippen molar-refractivity contribution >= 4 is 17.7 Å². The lowest BCUT2D eigenvalue weighted by Crippen LogP contribution is -2.05. The largest absolute Gasteiger partial charge is 0.385 e. The number of anilines is 1. The zero-order valence-electron chi connectivity index (χ0n) is 10.2. The van der Waals surface area contributed by atoms with Gasteiger partial charge in [0.25, 0.3) is 5.69 Å². The highest BCUT2D eigenvalue weighted by Gasteiger charge is 2.13. The van der Waals surface area contributed by atoms with Crippen LogP contribution in [0.4, 0.5) is 11.4 Å². The topological polar surface area (TPSA) is 81.5 Å². The number of unbranched alkanes of at least 4 members (excludes halogenated alkanes) is 1. The molecule has 1 N–H and O–H groups in total. The molecule has 0 heterocycles. The number of aldehydes is 1. The Bertz CT molecular complexity index is 421. The molecule has 0 spiro atoms. The van der Waals surface area contributed by atoms with Gasteiger partial charge in [-0.3, -0.25) is 14.9 Å². The van der Waals surface area contributed by atoms with E-state index >= 15 is 0 Å². The van der Waals surface area contributed by atoms with Crippen LogP contribution in [0, 0.1) is 10.1 Å². The predicted molar refractivity (Wildman–Crippen MR) is 68.1 cm³/mol. The molecule has 0 amide bonds. The standard InChI is InChI=1S/C12H16N2O4/c1-18-7-3-2-6-13-11-5-4-10(9-15)8-12(11)14(16)17/h4-5,8-9,13H,2-3,6-7H2,1H3. The Labute approximate surface area is 105 Å². The molecule has 0 bridgehead atoms. The zero-order chi connectivity index (χ0) is 13.4. The molecule has 18 heavy (non-hydrogen) atoms. The van der Waals surface area contributed by atoms with Crippen molar-refractivity contribution in [1.82, 2.24) is 0 Å². The average Bonchev–Trinajstić information content (AvgIpc) is 2.38. The summed E-state index contributed by atoms with van der Waals surface area (Å²) in [5.74, 6) is 0. The number of carbonyl (C=O) groups is 1. The third kappa shape index (κ3) is 4.14. The van der Waals surface area contributed by atoms with E-state index in [0.717, 1.165) is 12.8 Å². The number of nitro benzene ring substituents is 1. The summed E-state index contributed by atoms with van der Waals surface area (Å²) in [6.45, 7) is 1.30. The number of nitro groups is 1. The van der Waals surface area contributed by atoms with Crippen LogP contribution in [0.25, 0.3) is 0 Å². The van der Waals surface area contributed by atoms with E-state index in [0.29, 0.717) is 30.7 Å². The molecule has 0 unspecified atom stereocenters. The molecule has 0 aromatic heterocycles. The van der Waals surface area contributed by atoms with Gasteiger partial charge in [0.1, 0.15) is 12.0 Å². The smallest absolute Gasteiger partial charge is 0.293 e. The van der Waals surface area contributed by atoms with Crippen LogP contribution in [0.1, 0.15) is 23.2 Å². The molecule has 0 saturated carbocycles. The second-order valence-electron chi connectivity index (χ2n) is 3.78. The van der Waals surface area contributed by atoms with Crippen LogP contribution in [0.5, 0.6) is 0 Å². The Hall–Kier alpha value is -1.95. The molecule has 0 atom stereocenters. The zero-order valence-corrected chi connectivity index (χ0v) is 10.2. The molecule has 6 heteroatoms. The molecule has 0 aliphatic heterocycles. The third-order valence-electron chi connectivity index (χ3n) is 2.45. The second kappa shape index (κ2) is 7.39. The first kappa shape index (κ1) is 14.1. The van der Waals surface area contributed by atoms with Crippen LogP contribution in [-0.4, -0.2) is 31.5 Å². The van der Waals surface area contributed by atoms with Crippen LogP contribution >= 0.6 is 0 Å². The fraction of sp³-hybridized carbons (Fsp3) is 0.417. The number of nitrogens with one attached hydrogen (secondary N) is 1. The SMILES string of the molecule is COCCCCNc1ccc(C=O)cc1[N+](=O)[O-]. The van der Waals surface area contributed by atoms with Gasteiger partial charge < -0.3 is 10.1 Å². The Morgan fingerprint density at radius 2 is 2.22 bits per heavy atom. The maximum Gasteiger partial charge on any atom is 0.293 e. The fourth-order valence-electron chi connectivity index (χ4n) is 1.52. The molecule has 0 radical (unpaired) electrons. The summed E-state index contributed by atoms with van der Waals surface area (Å²) in [4.78, 5) is 20.9. The number of ether oxygens (including phenoxy) is 1. The van der Waals surface area contributed by atoms with E-state index in [1.54, 1.807) is 19.2 Å². The lowest BCUT2D eigenvalue weighted by Gasteiger charge is -2.07. The van der Waals surface area contributed by atoms with Crippen LogP contribution in [-0.2, 0) is 4.74 Å². The lowest BCUT2D eigenvalue weighted by molar-refractivity contribution is -0.384. The molecule has 0 aliphatic rings. The van der Waals surface area contributed by atoms with Crippen molar-refractivity contribution in [2.75, 3.05) is 25.6 Å². The number of nitrogens with zero attached hydrogens (tertiary/aromatic N) is 1. The van der Waals surface area contributed by atoms with E-state index in [1.807, 2.05) is 0 Å². The van der Waals surface area contributed by atoms with Gasteiger partial charge in [-0.15, -0.1) is 0 Å². The number of benzene rings is 1. The molecular weight excluding hydrogens is 236 g/mol. The van der Waals surface area contributed by atoms with Crippen molar-refractivity contribution in [3.63, 3.8) is 0 Å². The highest BCUT2D eigenvalue weighted by atomic mass is 16.6. The quantitative estimate of drug-likeness (QED) is 0.332. The van der Waals surface area contributed by atoms with Crippen molar-refractivity contribution < 1.29 is 14.5 Å². The van der Waals surface area contributed by atoms with Gasteiger partial charge in [-0.25, -0.2) is 0 Å². The molecule has 98 valence electrons. The normalized spacial score (nSPS) is 10.1. The minimum atomic E-state index is -0.496. The van der Waals surface area contributed by atoms with Gasteiger partial charge in [0.15, 0.2) is 0 Å². The lowest BCUT2D eigenvalue weighted by atomic mass is 10.2. The van der Waals surface area contributed by atoms with Crippen LogP contribution < -0.4 is 5.32 Å². The number of hydrogen-bond acceptors (Lipinski definition) is 5. The van der Waals surface area contributed by atoms with E-state index < -0.39 is 4.92 Å². The van der Waals surface area contributed by atoms with E-state index in [2.05, 4.69) is 5.32 Å². The second-order valence-corrected chi connectivity index (χ2v) is 3.78. The van der Waals surface area contributed by atoms with Crippen molar-refractivity contribution in [3.05, 3.63) is 33.9 Å². The average molecular weight is 252 g/mol. The minimum absolute atomic E-state index is 0.0775. The molecule has 0 aliphatic carbocycles. The summed E-state index contributed by atoms with van der Waals surface area (Å²) >= 11 is 0. The van der Waals surface area contributed by atoms with Crippen LogP contribution in [0.2, 0.25) is 0 Å². The first-order valence-corrected chi connectivity index (χ1v) is 5.65. The van der Waals surface area contributed by atoms with Crippen molar-refractivity contribution in [3.8, 4) is 0 Å². The fourth-order valence-corrected chi connectivity index (χ4v) is 1.52. The minimum Gasteiger partial charge on any atom is -0.385 e. The summed E-state index contributed by atoms with van der Waals surface area (Å²) in [5.41, 5.74) is 0.654. The van der Waals surface area contributed by atoms with Crippen LogP contribution in [0.3, 0.4) is 0 Å². The number of rotatable bonds is 8. The molecule has 1 aromatic rings. The van der Waals surface area contributed by atoms with Crippen LogP contribution in [0.15, 0.2) is 18.2 Å². The van der Waals surface area contributed by atoms with Gasteiger partial charge in [0.2, 0.25) is 0 Å². The van der Waals surface area contributed by atoms with Gasteiger partial charge in [-0.05, 0) is 25.0 Å². The molecule has 0 fully saturated rings. The Morgan fingerprint density at radius 1 is 1.44 bits per heavy atom. The van der Waals surface area contributed by atoms with Crippen molar-refractivity contribution in [1.29, 1.82) is 0 Å². The highest BCUT2D eigenvalue weighted by Crippen LogP contribution is 2.24. The van der Waals surface area contributed by atoms with E-state index in [-0.39, 0.29) is 5.69 Å². The Morgan fingerprint density at radius 3 is 2.83 bits per heavy atom. The predicted octanol–water partition coefficient (Wildman–Crippen LogP) is 2.25. The summed E-state index contributed by atoms with van der Waals surface area (Å²) < 4.78 is 4.91. The van der Waals surface area contributed by atoms with E-state index in [9.17, 15) is 14.9 Å². The Balaban J connectivity index is 2.64. The summed E-state index contributed by atoms with van der Waals surface area (Å²) in [6.07, 6.45) is 2.35. The monoisotopic (exact) mass is 252 g/mol. The Kier molecular flexibility index (Phi) is 5.79. The highest BCUT2D eigenvalue weighted by molar-refractivity contribution is 5.79. The maximum atomic E-state index is 10.9. The number of hydrogen-bond donors (Lipinski definition) is 1. The van der Waals surface area contributed by atoms with Gasteiger partial charge in [0, 0.05) is 31.9 Å². The number of carbonyl (C=O) groups excluding carboxylic acids is 1. The summed E-state index contributed by atoms with van der Waals surface area (Å²) in [5, 5.41) is 13.8. The van der Waals surface area contributed by atoms with Gasteiger partial charge >= 0.3 is 0 Å². The van der Waals surface area contributed by atoms with Crippen molar-refractivity contribution in [2.45, 2.75) is 12.8 Å². The first-order chi connectivity index (χ1) is 8.69. The third-order valence-corrected chi connectivity index (χ3v) is 2.45. The van der Waals surface area contributed by atoms with Gasteiger partial charge in [-0.2, -0.15) is 0 Å². The molecule has 1 rings (SSSR count). The summed E-state index contributed by atoms with van der Waals surface area (Å²) in [7, 11) is 1.64. The first-order valence-electron chi connectivity index (χ1n) is 5.65.